The van der Waals surface area contributed by atoms with Gasteiger partial charge in [-0.2, -0.15) is 4.98 Å². The first-order chi connectivity index (χ1) is 11.4. The third-order valence-corrected chi connectivity index (χ3v) is 5.79. The molecule has 0 spiro atoms. The van der Waals surface area contributed by atoms with Crippen molar-refractivity contribution >= 4 is 23.4 Å². The number of nitrogens with zero attached hydrogens (tertiary/aromatic N) is 4. The minimum atomic E-state index is 0.0652. The van der Waals surface area contributed by atoms with Crippen LogP contribution < -0.4 is 5.32 Å². The van der Waals surface area contributed by atoms with E-state index in [9.17, 15) is 4.79 Å². The Hall–Kier alpha value is -1.63. The molecule has 1 aliphatic rings. The summed E-state index contributed by atoms with van der Waals surface area (Å²) in [4.78, 5) is 21.0. The number of thioether (sulfide) groups is 1. The zero-order chi connectivity index (χ0) is 17.3. The van der Waals surface area contributed by atoms with Gasteiger partial charge in [0, 0.05) is 17.4 Å². The Balaban J connectivity index is 1.59. The van der Waals surface area contributed by atoms with Crippen LogP contribution in [0.4, 0.5) is 0 Å². The zero-order valence-corrected chi connectivity index (χ0v) is 15.6. The number of aryl methyl sites for hydroxylation is 2. The summed E-state index contributed by atoms with van der Waals surface area (Å²) in [6, 6.07) is 0.331. The van der Waals surface area contributed by atoms with E-state index in [4.69, 9.17) is 0 Å². The van der Waals surface area contributed by atoms with Crippen LogP contribution in [0, 0.1) is 26.7 Å². The van der Waals surface area contributed by atoms with Gasteiger partial charge >= 0.3 is 0 Å². The summed E-state index contributed by atoms with van der Waals surface area (Å²) < 4.78 is 1.76. The molecule has 0 aromatic carbocycles. The highest BCUT2D eigenvalue weighted by molar-refractivity contribution is 7.99. The molecular weight excluding hydrogens is 322 g/mol. The fraction of sp³-hybridized carbons (Fsp3) is 0.647. The Bertz CT molecular complexity index is 749. The summed E-state index contributed by atoms with van der Waals surface area (Å²) in [6.45, 7) is 8.30. The Morgan fingerprint density at radius 3 is 2.62 bits per heavy atom. The Morgan fingerprint density at radius 2 is 1.92 bits per heavy atom. The first-order valence-electron chi connectivity index (χ1n) is 8.56. The maximum atomic E-state index is 12.1. The van der Waals surface area contributed by atoms with Crippen LogP contribution in [0.1, 0.15) is 49.6 Å². The molecule has 2 aromatic rings. The van der Waals surface area contributed by atoms with Gasteiger partial charge in [-0.3, -0.25) is 4.79 Å². The van der Waals surface area contributed by atoms with Gasteiger partial charge in [-0.15, -0.1) is 5.10 Å². The number of carbonyl (C=O) groups excluding carboxylic acids is 1. The zero-order valence-electron chi connectivity index (χ0n) is 14.8. The Morgan fingerprint density at radius 1 is 1.21 bits per heavy atom. The average Bonchev–Trinajstić information content (AvgIpc) is 2.96. The van der Waals surface area contributed by atoms with E-state index < -0.39 is 0 Å². The number of nitrogens with one attached hydrogen (secondary N) is 1. The van der Waals surface area contributed by atoms with Crippen molar-refractivity contribution in [1.82, 2.24) is 24.9 Å². The van der Waals surface area contributed by atoms with Crippen molar-refractivity contribution in [2.45, 2.75) is 64.6 Å². The van der Waals surface area contributed by atoms with Crippen LogP contribution in [0.3, 0.4) is 0 Å². The standard InChI is InChI=1S/C17H25N5OS/c1-10-5-7-14(8-6-10)19-15(23)9-24-17-20-16-18-12(3)11(2)13(4)22(16)21-17/h10,14H,5-9H2,1-4H3,(H,19,23). The fourth-order valence-electron chi connectivity index (χ4n) is 3.10. The highest BCUT2D eigenvalue weighted by Crippen LogP contribution is 2.23. The molecule has 0 saturated heterocycles. The van der Waals surface area contributed by atoms with E-state index in [0.29, 0.717) is 22.7 Å². The summed E-state index contributed by atoms with van der Waals surface area (Å²) in [5.74, 6) is 1.80. The van der Waals surface area contributed by atoms with E-state index in [-0.39, 0.29) is 5.91 Å². The van der Waals surface area contributed by atoms with Crippen LogP contribution in [0.15, 0.2) is 5.16 Å². The maximum absolute atomic E-state index is 12.1. The third kappa shape index (κ3) is 3.71. The van der Waals surface area contributed by atoms with Crippen LogP contribution in [0.5, 0.6) is 0 Å². The number of aromatic nitrogens is 4. The van der Waals surface area contributed by atoms with Crippen molar-refractivity contribution in [1.29, 1.82) is 0 Å². The van der Waals surface area contributed by atoms with Gasteiger partial charge in [0.05, 0.1) is 5.75 Å². The number of amides is 1. The molecule has 2 aromatic heterocycles. The van der Waals surface area contributed by atoms with Gasteiger partial charge in [0.1, 0.15) is 0 Å². The first-order valence-corrected chi connectivity index (χ1v) is 9.55. The molecule has 1 aliphatic carbocycles. The van der Waals surface area contributed by atoms with Crippen molar-refractivity contribution in [3.63, 3.8) is 0 Å². The number of carbonyl (C=O) groups is 1. The minimum absolute atomic E-state index is 0.0652. The lowest BCUT2D eigenvalue weighted by atomic mass is 9.87. The lowest BCUT2D eigenvalue weighted by molar-refractivity contribution is -0.119. The molecule has 24 heavy (non-hydrogen) atoms. The fourth-order valence-corrected chi connectivity index (χ4v) is 3.73. The van der Waals surface area contributed by atoms with Crippen LogP contribution >= 0.6 is 11.8 Å². The van der Waals surface area contributed by atoms with E-state index in [2.05, 4.69) is 27.3 Å². The predicted molar refractivity (Wildman–Crippen MR) is 95.3 cm³/mol. The van der Waals surface area contributed by atoms with Crippen LogP contribution in [0.2, 0.25) is 0 Å². The van der Waals surface area contributed by atoms with Crippen molar-refractivity contribution in [2.75, 3.05) is 5.75 Å². The summed E-state index contributed by atoms with van der Waals surface area (Å²) in [5, 5.41) is 8.20. The normalized spacial score (nSPS) is 21.2. The molecule has 0 bridgehead atoms. The molecule has 1 amide bonds. The maximum Gasteiger partial charge on any atom is 0.253 e. The van der Waals surface area contributed by atoms with Crippen LogP contribution in [0.25, 0.3) is 5.78 Å². The van der Waals surface area contributed by atoms with Gasteiger partial charge in [-0.05, 0) is 57.9 Å². The number of hydrogen-bond donors (Lipinski definition) is 1. The predicted octanol–water partition coefficient (Wildman–Crippen LogP) is 2.84. The quantitative estimate of drug-likeness (QED) is 0.861. The van der Waals surface area contributed by atoms with E-state index in [1.807, 2.05) is 20.8 Å². The van der Waals surface area contributed by atoms with E-state index in [1.54, 1.807) is 4.52 Å². The van der Waals surface area contributed by atoms with Gasteiger partial charge in [0.2, 0.25) is 11.1 Å². The molecule has 3 rings (SSSR count). The van der Waals surface area contributed by atoms with Gasteiger partial charge in [-0.25, -0.2) is 9.50 Å². The van der Waals surface area contributed by atoms with Gasteiger partial charge in [-0.1, -0.05) is 18.7 Å². The Labute approximate surface area is 146 Å². The smallest absolute Gasteiger partial charge is 0.253 e. The first kappa shape index (κ1) is 17.2. The lowest BCUT2D eigenvalue weighted by Gasteiger charge is -2.26. The summed E-state index contributed by atoms with van der Waals surface area (Å²) >= 11 is 1.37. The van der Waals surface area contributed by atoms with Gasteiger partial charge in [0.15, 0.2) is 0 Å². The third-order valence-electron chi connectivity index (χ3n) is 4.95. The minimum Gasteiger partial charge on any atom is -0.353 e. The topological polar surface area (TPSA) is 72.2 Å². The van der Waals surface area contributed by atoms with Gasteiger partial charge < -0.3 is 5.32 Å². The molecule has 1 saturated carbocycles. The van der Waals surface area contributed by atoms with Crippen molar-refractivity contribution in [3.8, 4) is 0 Å². The van der Waals surface area contributed by atoms with Crippen molar-refractivity contribution < 1.29 is 4.79 Å². The van der Waals surface area contributed by atoms with Crippen molar-refractivity contribution in [3.05, 3.63) is 17.0 Å². The molecule has 6 nitrogen and oxygen atoms in total. The molecule has 0 unspecified atom stereocenters. The average molecular weight is 347 g/mol. The van der Waals surface area contributed by atoms with Gasteiger partial charge in [0.25, 0.3) is 5.78 Å². The SMILES string of the molecule is Cc1nc2nc(SCC(=O)NC3CCC(C)CC3)nn2c(C)c1C. The molecular formula is C17H25N5OS. The molecule has 7 heteroatoms. The highest BCUT2D eigenvalue weighted by atomic mass is 32.2. The summed E-state index contributed by atoms with van der Waals surface area (Å²) in [7, 11) is 0. The number of rotatable bonds is 4. The number of hydrogen-bond acceptors (Lipinski definition) is 5. The van der Waals surface area contributed by atoms with E-state index >= 15 is 0 Å². The number of fused-ring (bicyclic) bond motifs is 1. The summed E-state index contributed by atoms with van der Waals surface area (Å²) in [5.41, 5.74) is 3.12. The molecule has 1 N–H and O–H groups in total. The van der Waals surface area contributed by atoms with E-state index in [1.165, 1.54) is 24.6 Å². The highest BCUT2D eigenvalue weighted by Gasteiger charge is 2.20. The van der Waals surface area contributed by atoms with Crippen LogP contribution in [-0.2, 0) is 4.79 Å². The molecule has 1 fully saturated rings. The monoisotopic (exact) mass is 347 g/mol. The second kappa shape index (κ2) is 7.09. The molecule has 2 heterocycles. The molecule has 0 aliphatic heterocycles. The molecule has 130 valence electrons. The van der Waals surface area contributed by atoms with Crippen molar-refractivity contribution in [2.24, 2.45) is 5.92 Å². The second-order valence-electron chi connectivity index (χ2n) is 6.83. The second-order valence-corrected chi connectivity index (χ2v) is 7.77. The largest absolute Gasteiger partial charge is 0.353 e. The Kier molecular flexibility index (Phi) is 5.08. The van der Waals surface area contributed by atoms with Crippen LogP contribution in [-0.4, -0.2) is 37.3 Å². The summed E-state index contributed by atoms with van der Waals surface area (Å²) in [6.07, 6.45) is 4.59. The molecule has 0 radical (unpaired) electrons. The van der Waals surface area contributed by atoms with E-state index in [0.717, 1.165) is 35.7 Å². The molecule has 0 atom stereocenters. The lowest BCUT2D eigenvalue weighted by Crippen LogP contribution is -2.38.